The Bertz CT molecular complexity index is 1100. The van der Waals surface area contributed by atoms with Gasteiger partial charge >= 0.3 is 0 Å². The standard InChI is InChI=1S/C21H22BrN3O4S2/c1-15-14-17(5-8-19(15)22)23-21(30)24-20(26)9-4-16-2-6-18(7-3-16)31(27,28)25-10-12-29-13-11-25/h2-9,14H,10-13H2,1H3,(H2,23,24,26,30)/b9-4+. The van der Waals surface area contributed by atoms with Gasteiger partial charge in [0.25, 0.3) is 0 Å². The first-order chi connectivity index (χ1) is 14.8. The van der Waals surface area contributed by atoms with Crippen LogP contribution in [0.4, 0.5) is 5.69 Å². The van der Waals surface area contributed by atoms with Crippen molar-refractivity contribution in [1.29, 1.82) is 0 Å². The van der Waals surface area contributed by atoms with Crippen molar-refractivity contribution in [2.24, 2.45) is 0 Å². The molecule has 0 bridgehead atoms. The number of thiocarbonyl (C=S) groups is 1. The van der Waals surface area contributed by atoms with E-state index in [1.165, 1.54) is 22.5 Å². The number of nitrogens with one attached hydrogen (secondary N) is 2. The number of aryl methyl sites for hydroxylation is 1. The zero-order valence-corrected chi connectivity index (χ0v) is 20.0. The summed E-state index contributed by atoms with van der Waals surface area (Å²) in [6.45, 7) is 3.44. The number of sulfonamides is 1. The monoisotopic (exact) mass is 523 g/mol. The van der Waals surface area contributed by atoms with Gasteiger partial charge in [-0.05, 0) is 66.7 Å². The molecule has 0 radical (unpaired) electrons. The zero-order chi connectivity index (χ0) is 22.4. The molecule has 1 fully saturated rings. The molecule has 1 heterocycles. The first-order valence-corrected chi connectivity index (χ1v) is 12.1. The zero-order valence-electron chi connectivity index (χ0n) is 16.8. The van der Waals surface area contributed by atoms with Crippen molar-refractivity contribution in [3.63, 3.8) is 0 Å². The van der Waals surface area contributed by atoms with Gasteiger partial charge in [-0.2, -0.15) is 4.31 Å². The van der Waals surface area contributed by atoms with E-state index in [4.69, 9.17) is 17.0 Å². The molecule has 164 valence electrons. The number of anilines is 1. The molecule has 0 saturated carbocycles. The molecule has 0 spiro atoms. The van der Waals surface area contributed by atoms with Crippen LogP contribution in [0.5, 0.6) is 0 Å². The maximum atomic E-state index is 12.6. The van der Waals surface area contributed by atoms with Gasteiger partial charge in [-0.3, -0.25) is 10.1 Å². The molecule has 2 aromatic carbocycles. The summed E-state index contributed by atoms with van der Waals surface area (Å²) in [4.78, 5) is 12.3. The van der Waals surface area contributed by atoms with Crippen LogP contribution in [0, 0.1) is 6.92 Å². The van der Waals surface area contributed by atoms with Crippen LogP contribution in [0.2, 0.25) is 0 Å². The first-order valence-electron chi connectivity index (χ1n) is 9.50. The molecule has 1 amide bonds. The first kappa shape index (κ1) is 23.6. The normalized spacial score (nSPS) is 15.0. The predicted molar refractivity (Wildman–Crippen MR) is 128 cm³/mol. The van der Waals surface area contributed by atoms with Gasteiger partial charge in [0.1, 0.15) is 0 Å². The fourth-order valence-electron chi connectivity index (χ4n) is 2.90. The number of halogens is 1. The summed E-state index contributed by atoms with van der Waals surface area (Å²) in [5.74, 6) is -0.392. The molecule has 1 aliphatic heterocycles. The third kappa shape index (κ3) is 6.44. The topological polar surface area (TPSA) is 87.7 Å². The molecule has 1 saturated heterocycles. The maximum absolute atomic E-state index is 12.6. The molecule has 0 aromatic heterocycles. The van der Waals surface area contributed by atoms with E-state index in [9.17, 15) is 13.2 Å². The smallest absolute Gasteiger partial charge is 0.250 e. The van der Waals surface area contributed by atoms with Gasteiger partial charge in [-0.25, -0.2) is 8.42 Å². The highest BCUT2D eigenvalue weighted by Gasteiger charge is 2.25. The molecule has 7 nitrogen and oxygen atoms in total. The van der Waals surface area contributed by atoms with Crippen molar-refractivity contribution in [2.45, 2.75) is 11.8 Å². The largest absolute Gasteiger partial charge is 0.379 e. The fraction of sp³-hybridized carbons (Fsp3) is 0.238. The summed E-state index contributed by atoms with van der Waals surface area (Å²) in [6, 6.07) is 12.0. The second-order valence-corrected chi connectivity index (χ2v) is 10.0. The van der Waals surface area contributed by atoms with E-state index in [1.807, 2.05) is 25.1 Å². The Morgan fingerprint density at radius 2 is 1.84 bits per heavy atom. The number of hydrogen-bond acceptors (Lipinski definition) is 5. The van der Waals surface area contributed by atoms with Crippen molar-refractivity contribution in [3.8, 4) is 0 Å². The van der Waals surface area contributed by atoms with Gasteiger partial charge < -0.3 is 10.1 Å². The lowest BCUT2D eigenvalue weighted by atomic mass is 10.2. The highest BCUT2D eigenvalue weighted by atomic mass is 79.9. The second kappa shape index (κ2) is 10.5. The van der Waals surface area contributed by atoms with E-state index in [0.717, 1.165) is 15.7 Å². The van der Waals surface area contributed by atoms with Crippen LogP contribution < -0.4 is 10.6 Å². The lowest BCUT2D eigenvalue weighted by molar-refractivity contribution is -0.115. The van der Waals surface area contributed by atoms with Gasteiger partial charge in [0, 0.05) is 29.3 Å². The Morgan fingerprint density at radius 3 is 2.48 bits per heavy atom. The Kier molecular flexibility index (Phi) is 7.95. The average Bonchev–Trinajstić information content (AvgIpc) is 2.76. The van der Waals surface area contributed by atoms with Gasteiger partial charge in [0.2, 0.25) is 15.9 Å². The van der Waals surface area contributed by atoms with E-state index in [0.29, 0.717) is 31.9 Å². The molecule has 10 heteroatoms. The molecule has 31 heavy (non-hydrogen) atoms. The summed E-state index contributed by atoms with van der Waals surface area (Å²) >= 11 is 8.60. The molecule has 0 unspecified atom stereocenters. The maximum Gasteiger partial charge on any atom is 0.250 e. The third-order valence-corrected chi connectivity index (χ3v) is 7.57. The molecule has 1 aliphatic rings. The SMILES string of the molecule is Cc1cc(NC(=S)NC(=O)/C=C/c2ccc(S(=O)(=O)N3CCOCC3)cc2)ccc1Br. The number of amides is 1. The molecule has 0 aliphatic carbocycles. The molecule has 3 rings (SSSR count). The molecular formula is C21H22BrN3O4S2. The summed E-state index contributed by atoms with van der Waals surface area (Å²) in [5.41, 5.74) is 2.50. The lowest BCUT2D eigenvalue weighted by Gasteiger charge is -2.26. The van der Waals surface area contributed by atoms with Crippen molar-refractivity contribution in [2.75, 3.05) is 31.6 Å². The van der Waals surface area contributed by atoms with Crippen LogP contribution in [0.1, 0.15) is 11.1 Å². The Balaban J connectivity index is 1.56. The van der Waals surface area contributed by atoms with Gasteiger partial charge in [0.15, 0.2) is 5.11 Å². The predicted octanol–water partition coefficient (Wildman–Crippen LogP) is 3.30. The quantitative estimate of drug-likeness (QED) is 0.461. The van der Waals surface area contributed by atoms with Crippen molar-refractivity contribution in [3.05, 3.63) is 64.1 Å². The number of carbonyl (C=O) groups is 1. The van der Waals surface area contributed by atoms with E-state index in [1.54, 1.807) is 18.2 Å². The van der Waals surface area contributed by atoms with Gasteiger partial charge in [-0.1, -0.05) is 28.1 Å². The number of rotatable bonds is 5. The van der Waals surface area contributed by atoms with E-state index in [-0.39, 0.29) is 10.0 Å². The molecule has 0 atom stereocenters. The van der Waals surface area contributed by atoms with Crippen molar-refractivity contribution >= 4 is 61.0 Å². The number of carbonyl (C=O) groups excluding carboxylic acids is 1. The average molecular weight is 524 g/mol. The third-order valence-electron chi connectivity index (χ3n) is 4.57. The van der Waals surface area contributed by atoms with E-state index >= 15 is 0 Å². The Hall–Kier alpha value is -2.11. The number of morpholine rings is 1. The van der Waals surface area contributed by atoms with Crippen molar-refractivity contribution in [1.82, 2.24) is 9.62 Å². The summed E-state index contributed by atoms with van der Waals surface area (Å²) in [7, 11) is -3.54. The minimum atomic E-state index is -3.54. The van der Waals surface area contributed by atoms with E-state index < -0.39 is 15.9 Å². The second-order valence-electron chi connectivity index (χ2n) is 6.83. The molecular weight excluding hydrogens is 502 g/mol. The van der Waals surface area contributed by atoms with E-state index in [2.05, 4.69) is 26.6 Å². The van der Waals surface area contributed by atoms with Gasteiger partial charge in [-0.15, -0.1) is 0 Å². The lowest BCUT2D eigenvalue weighted by Crippen LogP contribution is -2.40. The highest BCUT2D eigenvalue weighted by molar-refractivity contribution is 9.10. The molecule has 2 aromatic rings. The van der Waals surface area contributed by atoms with Crippen LogP contribution in [0.25, 0.3) is 6.08 Å². The van der Waals surface area contributed by atoms with Crippen LogP contribution in [-0.4, -0.2) is 50.0 Å². The van der Waals surface area contributed by atoms with Gasteiger partial charge in [0.05, 0.1) is 18.1 Å². The Labute approximate surface area is 195 Å². The molecule has 2 N–H and O–H groups in total. The minimum absolute atomic E-state index is 0.184. The fourth-order valence-corrected chi connectivity index (χ4v) is 4.77. The van der Waals surface area contributed by atoms with Crippen LogP contribution in [0.3, 0.4) is 0 Å². The van der Waals surface area contributed by atoms with Crippen LogP contribution in [0.15, 0.2) is 57.9 Å². The van der Waals surface area contributed by atoms with Crippen LogP contribution in [-0.2, 0) is 19.6 Å². The summed E-state index contributed by atoms with van der Waals surface area (Å²) in [5, 5.41) is 5.72. The highest BCUT2D eigenvalue weighted by Crippen LogP contribution is 2.20. The number of hydrogen-bond donors (Lipinski definition) is 2. The van der Waals surface area contributed by atoms with Crippen LogP contribution >= 0.6 is 28.1 Å². The summed E-state index contributed by atoms with van der Waals surface area (Å²) in [6.07, 6.45) is 2.93. The Morgan fingerprint density at radius 1 is 1.16 bits per heavy atom. The number of benzene rings is 2. The summed E-state index contributed by atoms with van der Waals surface area (Å²) < 4.78 is 32.9. The number of ether oxygens (including phenoxy) is 1. The minimum Gasteiger partial charge on any atom is -0.379 e. The van der Waals surface area contributed by atoms with Crippen molar-refractivity contribution < 1.29 is 17.9 Å². The number of nitrogens with zero attached hydrogens (tertiary/aromatic N) is 1.